The maximum atomic E-state index is 12.1. The first-order chi connectivity index (χ1) is 9.07. The van der Waals surface area contributed by atoms with Crippen LogP contribution < -0.4 is 10.1 Å². The van der Waals surface area contributed by atoms with Gasteiger partial charge in [0.2, 0.25) is 0 Å². The second kappa shape index (κ2) is 5.74. The van der Waals surface area contributed by atoms with Crippen LogP contribution in [0, 0.1) is 13.8 Å². The molecule has 20 heavy (non-hydrogen) atoms. The van der Waals surface area contributed by atoms with Gasteiger partial charge < -0.3 is 10.1 Å². The average Bonchev–Trinajstić information content (AvgIpc) is 2.33. The van der Waals surface area contributed by atoms with Gasteiger partial charge in [-0.2, -0.15) is 0 Å². The van der Waals surface area contributed by atoms with Crippen LogP contribution in [-0.2, 0) is 9.84 Å². The molecule has 0 amide bonds. The molecule has 0 spiro atoms. The highest BCUT2D eigenvalue weighted by molar-refractivity contribution is 7.92. The summed E-state index contributed by atoms with van der Waals surface area (Å²) in [5.41, 5.74) is 3.03. The number of methoxy groups -OCH3 is 1. The summed E-state index contributed by atoms with van der Waals surface area (Å²) in [6, 6.07) is 3.59. The summed E-state index contributed by atoms with van der Waals surface area (Å²) < 4.78 is 28.8. The maximum absolute atomic E-state index is 12.1. The van der Waals surface area contributed by atoms with Crippen LogP contribution in [0.4, 0.5) is 0 Å². The van der Waals surface area contributed by atoms with Crippen molar-refractivity contribution in [1.82, 2.24) is 5.32 Å². The van der Waals surface area contributed by atoms with Crippen LogP contribution in [0.25, 0.3) is 0 Å². The summed E-state index contributed by atoms with van der Waals surface area (Å²) in [6.45, 7) is 7.46. The van der Waals surface area contributed by atoms with E-state index in [-0.39, 0.29) is 6.04 Å². The van der Waals surface area contributed by atoms with Gasteiger partial charge in [-0.25, -0.2) is 8.42 Å². The number of ether oxygens (including phenoxy) is 1. The Morgan fingerprint density at radius 3 is 2.20 bits per heavy atom. The molecule has 0 bridgehead atoms. The monoisotopic (exact) mass is 299 g/mol. The summed E-state index contributed by atoms with van der Waals surface area (Å²) >= 11 is 0. The van der Waals surface area contributed by atoms with Gasteiger partial charge in [0.05, 0.1) is 17.9 Å². The molecule has 1 rings (SSSR count). The number of aryl methyl sites for hydroxylation is 1. The number of benzene rings is 1. The Morgan fingerprint density at radius 2 is 1.80 bits per heavy atom. The van der Waals surface area contributed by atoms with Crippen molar-refractivity contribution in [2.45, 2.75) is 38.5 Å². The summed E-state index contributed by atoms with van der Waals surface area (Å²) in [5, 5.41) is 3.13. The Morgan fingerprint density at radius 1 is 1.25 bits per heavy atom. The minimum absolute atomic E-state index is 0.341. The molecule has 0 aliphatic heterocycles. The molecule has 0 aliphatic rings. The second-order valence-corrected chi connectivity index (χ2v) is 8.32. The number of sulfone groups is 1. The van der Waals surface area contributed by atoms with E-state index in [9.17, 15) is 8.42 Å². The molecule has 0 saturated heterocycles. The zero-order chi connectivity index (χ0) is 15.7. The third-order valence-electron chi connectivity index (χ3n) is 4.16. The molecule has 1 atom stereocenters. The molecule has 1 N–H and O–H groups in total. The highest BCUT2D eigenvalue weighted by atomic mass is 32.2. The summed E-state index contributed by atoms with van der Waals surface area (Å²) in [5.74, 6) is 0.751. The zero-order valence-corrected chi connectivity index (χ0v) is 14.2. The van der Waals surface area contributed by atoms with Crippen LogP contribution in [0.15, 0.2) is 12.1 Å². The lowest BCUT2D eigenvalue weighted by Gasteiger charge is -2.34. The lowest BCUT2D eigenvalue weighted by Crippen LogP contribution is -2.44. The maximum Gasteiger partial charge on any atom is 0.154 e. The second-order valence-electron chi connectivity index (χ2n) is 5.73. The predicted octanol–water partition coefficient (Wildman–Crippen LogP) is 2.40. The van der Waals surface area contributed by atoms with Gasteiger partial charge in [0.15, 0.2) is 9.84 Å². The Balaban J connectivity index is 3.52. The van der Waals surface area contributed by atoms with E-state index in [0.717, 1.165) is 22.4 Å². The third-order valence-corrected chi connectivity index (χ3v) is 6.31. The van der Waals surface area contributed by atoms with Crippen molar-refractivity contribution in [2.75, 3.05) is 20.4 Å². The van der Waals surface area contributed by atoms with Gasteiger partial charge in [-0.1, -0.05) is 12.1 Å². The molecule has 1 aromatic carbocycles. The molecule has 0 aromatic heterocycles. The molecule has 5 heteroatoms. The number of rotatable bonds is 5. The first-order valence-electron chi connectivity index (χ1n) is 6.58. The Hall–Kier alpha value is -1.07. The first kappa shape index (κ1) is 17.0. The van der Waals surface area contributed by atoms with E-state index in [2.05, 4.69) is 5.32 Å². The minimum Gasteiger partial charge on any atom is -0.496 e. The van der Waals surface area contributed by atoms with Gasteiger partial charge in [-0.3, -0.25) is 0 Å². The minimum atomic E-state index is -3.23. The number of hydrogen-bond acceptors (Lipinski definition) is 4. The van der Waals surface area contributed by atoms with Crippen molar-refractivity contribution in [3.8, 4) is 5.75 Å². The molecular formula is C15H25NO3S. The lowest BCUT2D eigenvalue weighted by molar-refractivity contribution is 0.382. The van der Waals surface area contributed by atoms with Crippen LogP contribution in [0.2, 0.25) is 0 Å². The van der Waals surface area contributed by atoms with Gasteiger partial charge in [0.1, 0.15) is 5.75 Å². The molecule has 0 heterocycles. The lowest BCUT2D eigenvalue weighted by atomic mass is 9.91. The molecule has 4 nitrogen and oxygen atoms in total. The number of hydrogen-bond donors (Lipinski definition) is 1. The topological polar surface area (TPSA) is 55.4 Å². The van der Waals surface area contributed by atoms with Crippen LogP contribution >= 0.6 is 0 Å². The van der Waals surface area contributed by atoms with Crippen molar-refractivity contribution in [3.63, 3.8) is 0 Å². The summed E-state index contributed by atoms with van der Waals surface area (Å²) in [6.07, 6.45) is 1.27. The SMILES string of the molecule is CNC(c1ccc(C)c(C)c1OC)C(C)(C)S(C)(=O)=O. The highest BCUT2D eigenvalue weighted by Crippen LogP contribution is 2.38. The quantitative estimate of drug-likeness (QED) is 0.907. The van der Waals surface area contributed by atoms with Crippen LogP contribution in [0.5, 0.6) is 5.75 Å². The van der Waals surface area contributed by atoms with Gasteiger partial charge >= 0.3 is 0 Å². The van der Waals surface area contributed by atoms with Crippen molar-refractivity contribution < 1.29 is 13.2 Å². The van der Waals surface area contributed by atoms with Crippen molar-refractivity contribution in [1.29, 1.82) is 0 Å². The summed E-state index contributed by atoms with van der Waals surface area (Å²) in [4.78, 5) is 0. The molecule has 0 fully saturated rings. The predicted molar refractivity (Wildman–Crippen MR) is 83.2 cm³/mol. The fourth-order valence-electron chi connectivity index (χ4n) is 2.40. The molecule has 0 saturated carbocycles. The van der Waals surface area contributed by atoms with Gasteiger partial charge in [-0.15, -0.1) is 0 Å². The first-order valence-corrected chi connectivity index (χ1v) is 8.48. The van der Waals surface area contributed by atoms with Crippen LogP contribution in [-0.4, -0.2) is 33.6 Å². The third kappa shape index (κ3) is 2.83. The number of nitrogens with one attached hydrogen (secondary N) is 1. The molecule has 114 valence electrons. The molecule has 1 unspecified atom stereocenters. The van der Waals surface area contributed by atoms with E-state index < -0.39 is 14.6 Å². The fourth-order valence-corrected chi connectivity index (χ4v) is 3.07. The molecule has 0 aliphatic carbocycles. The summed E-state index contributed by atoms with van der Waals surface area (Å²) in [7, 11) is 0.159. The van der Waals surface area contributed by atoms with Crippen LogP contribution in [0.1, 0.15) is 36.6 Å². The Labute approximate surface area is 122 Å². The normalized spacial score (nSPS) is 14.2. The molecule has 1 aromatic rings. The van der Waals surface area contributed by atoms with Crippen molar-refractivity contribution in [2.24, 2.45) is 0 Å². The van der Waals surface area contributed by atoms with E-state index >= 15 is 0 Å². The smallest absolute Gasteiger partial charge is 0.154 e. The molecular weight excluding hydrogens is 274 g/mol. The van der Waals surface area contributed by atoms with E-state index in [1.54, 1.807) is 28.0 Å². The Bertz CT molecular complexity index is 591. The van der Waals surface area contributed by atoms with Crippen LogP contribution in [0.3, 0.4) is 0 Å². The van der Waals surface area contributed by atoms with Crippen molar-refractivity contribution >= 4 is 9.84 Å². The van der Waals surface area contributed by atoms with Crippen molar-refractivity contribution in [3.05, 3.63) is 28.8 Å². The average molecular weight is 299 g/mol. The molecule has 0 radical (unpaired) electrons. The zero-order valence-electron chi connectivity index (χ0n) is 13.4. The highest BCUT2D eigenvalue weighted by Gasteiger charge is 2.40. The fraction of sp³-hybridized carbons (Fsp3) is 0.600. The van der Waals surface area contributed by atoms with Gasteiger partial charge in [-0.05, 0) is 45.9 Å². The van der Waals surface area contributed by atoms with E-state index in [0.29, 0.717) is 0 Å². The largest absolute Gasteiger partial charge is 0.496 e. The van der Waals surface area contributed by atoms with Gasteiger partial charge in [0.25, 0.3) is 0 Å². The van der Waals surface area contributed by atoms with E-state index in [1.807, 2.05) is 26.0 Å². The standard InChI is InChI=1S/C15H25NO3S/c1-10-8-9-12(13(19-6)11(10)2)14(16-5)15(3,4)20(7,17)18/h8-9,14,16H,1-7H3. The van der Waals surface area contributed by atoms with E-state index in [1.165, 1.54) is 6.26 Å². The van der Waals surface area contributed by atoms with Gasteiger partial charge in [0, 0.05) is 11.8 Å². The van der Waals surface area contributed by atoms with E-state index in [4.69, 9.17) is 4.74 Å². The Kier molecular flexibility index (Phi) is 4.87.